The molecule has 2 rings (SSSR count). The first-order chi connectivity index (χ1) is 9.70. The van der Waals surface area contributed by atoms with E-state index >= 15 is 0 Å². The standard InChI is InChI=1S/C15H19F3N2O/c1-9-5-6-20(10(2)7-9)14(21)11-3-4-13(19)12(8-11)15(16,17)18/h3-4,8-10H,5-7,19H2,1-2H3. The van der Waals surface area contributed by atoms with Crippen molar-refractivity contribution in [2.45, 2.75) is 38.9 Å². The molecule has 21 heavy (non-hydrogen) atoms. The number of anilines is 1. The van der Waals surface area contributed by atoms with Crippen LogP contribution in [0.25, 0.3) is 0 Å². The lowest BCUT2D eigenvalue weighted by Crippen LogP contribution is -2.44. The molecular formula is C15H19F3N2O. The van der Waals surface area contributed by atoms with E-state index in [1.807, 2.05) is 6.92 Å². The molecule has 2 N–H and O–H groups in total. The van der Waals surface area contributed by atoms with Gasteiger partial charge in [-0.2, -0.15) is 13.2 Å². The largest absolute Gasteiger partial charge is 0.418 e. The van der Waals surface area contributed by atoms with Crippen molar-refractivity contribution in [1.82, 2.24) is 4.90 Å². The number of alkyl halides is 3. The second-order valence-electron chi connectivity index (χ2n) is 5.78. The molecule has 0 spiro atoms. The van der Waals surface area contributed by atoms with Crippen LogP contribution in [0.4, 0.5) is 18.9 Å². The monoisotopic (exact) mass is 300 g/mol. The van der Waals surface area contributed by atoms with Crippen molar-refractivity contribution < 1.29 is 18.0 Å². The third-order valence-electron chi connectivity index (χ3n) is 4.00. The number of likely N-dealkylation sites (tertiary alicyclic amines) is 1. The maximum absolute atomic E-state index is 12.9. The molecule has 1 heterocycles. The first-order valence-electron chi connectivity index (χ1n) is 6.98. The number of nitrogens with two attached hydrogens (primary N) is 1. The van der Waals surface area contributed by atoms with Crippen molar-refractivity contribution >= 4 is 11.6 Å². The molecule has 1 saturated heterocycles. The third-order valence-corrected chi connectivity index (χ3v) is 4.00. The van der Waals surface area contributed by atoms with Crippen molar-refractivity contribution in [3.05, 3.63) is 29.3 Å². The molecule has 1 aliphatic rings. The Morgan fingerprint density at radius 2 is 2.00 bits per heavy atom. The fourth-order valence-electron chi connectivity index (χ4n) is 2.81. The average Bonchev–Trinajstić information content (AvgIpc) is 2.37. The molecule has 116 valence electrons. The van der Waals surface area contributed by atoms with E-state index in [4.69, 9.17) is 5.73 Å². The minimum absolute atomic E-state index is 0.0353. The van der Waals surface area contributed by atoms with Crippen LogP contribution in [0.3, 0.4) is 0 Å². The lowest BCUT2D eigenvalue weighted by molar-refractivity contribution is -0.136. The zero-order valence-corrected chi connectivity index (χ0v) is 12.1. The molecule has 3 nitrogen and oxygen atoms in total. The summed E-state index contributed by atoms with van der Waals surface area (Å²) in [6.07, 6.45) is -2.81. The number of amides is 1. The number of rotatable bonds is 1. The van der Waals surface area contributed by atoms with Crippen LogP contribution in [0.5, 0.6) is 0 Å². The Hall–Kier alpha value is -1.72. The first kappa shape index (κ1) is 15.7. The molecule has 1 aliphatic heterocycles. The van der Waals surface area contributed by atoms with Gasteiger partial charge in [0.15, 0.2) is 0 Å². The molecule has 2 atom stereocenters. The van der Waals surface area contributed by atoms with E-state index in [9.17, 15) is 18.0 Å². The Morgan fingerprint density at radius 1 is 1.33 bits per heavy atom. The third kappa shape index (κ3) is 3.31. The maximum Gasteiger partial charge on any atom is 0.418 e. The molecule has 0 aliphatic carbocycles. The quantitative estimate of drug-likeness (QED) is 0.806. The maximum atomic E-state index is 12.9. The van der Waals surface area contributed by atoms with Crippen LogP contribution in [0.15, 0.2) is 18.2 Å². The summed E-state index contributed by atoms with van der Waals surface area (Å²) in [5, 5.41) is 0. The average molecular weight is 300 g/mol. The van der Waals surface area contributed by atoms with Gasteiger partial charge in [0.1, 0.15) is 0 Å². The van der Waals surface area contributed by atoms with E-state index in [1.165, 1.54) is 6.07 Å². The van der Waals surface area contributed by atoms with Crippen LogP contribution in [0.1, 0.15) is 42.6 Å². The normalized spacial score (nSPS) is 23.2. The van der Waals surface area contributed by atoms with Crippen molar-refractivity contribution in [3.63, 3.8) is 0 Å². The van der Waals surface area contributed by atoms with Gasteiger partial charge in [0.25, 0.3) is 5.91 Å². The summed E-state index contributed by atoms with van der Waals surface area (Å²) >= 11 is 0. The van der Waals surface area contributed by atoms with Gasteiger partial charge in [-0.25, -0.2) is 0 Å². The number of benzene rings is 1. The van der Waals surface area contributed by atoms with E-state index in [-0.39, 0.29) is 23.2 Å². The zero-order valence-electron chi connectivity index (χ0n) is 12.1. The number of hydrogen-bond donors (Lipinski definition) is 1. The van der Waals surface area contributed by atoms with Gasteiger partial charge in [0, 0.05) is 23.8 Å². The summed E-state index contributed by atoms with van der Waals surface area (Å²) < 4.78 is 38.6. The molecule has 0 saturated carbocycles. The first-order valence-corrected chi connectivity index (χ1v) is 6.98. The second-order valence-corrected chi connectivity index (χ2v) is 5.78. The number of carbonyl (C=O) groups excluding carboxylic acids is 1. The Bertz CT molecular complexity index is 542. The zero-order chi connectivity index (χ0) is 15.8. The Balaban J connectivity index is 2.28. The smallest absolute Gasteiger partial charge is 0.398 e. The minimum atomic E-state index is -4.55. The molecule has 0 aromatic heterocycles. The predicted octanol–water partition coefficient (Wildman–Crippen LogP) is 3.55. The lowest BCUT2D eigenvalue weighted by atomic mass is 9.92. The summed E-state index contributed by atoms with van der Waals surface area (Å²) in [6, 6.07) is 3.39. The number of halogens is 3. The SMILES string of the molecule is CC1CCN(C(=O)c2ccc(N)c(C(F)(F)F)c2)C(C)C1. The molecule has 2 unspecified atom stereocenters. The molecule has 0 radical (unpaired) electrons. The van der Waals surface area contributed by atoms with Gasteiger partial charge in [-0.05, 0) is 43.9 Å². The molecule has 1 amide bonds. The van der Waals surface area contributed by atoms with E-state index in [2.05, 4.69) is 6.92 Å². The van der Waals surface area contributed by atoms with Gasteiger partial charge in [0.2, 0.25) is 0 Å². The van der Waals surface area contributed by atoms with Crippen LogP contribution < -0.4 is 5.73 Å². The van der Waals surface area contributed by atoms with E-state index in [1.54, 1.807) is 4.90 Å². The van der Waals surface area contributed by atoms with Crippen LogP contribution in [0, 0.1) is 5.92 Å². The Morgan fingerprint density at radius 3 is 2.57 bits per heavy atom. The van der Waals surface area contributed by atoms with E-state index in [0.717, 1.165) is 25.0 Å². The summed E-state index contributed by atoms with van der Waals surface area (Å²) in [6.45, 7) is 4.62. The fourth-order valence-corrected chi connectivity index (χ4v) is 2.81. The van der Waals surface area contributed by atoms with E-state index < -0.39 is 11.7 Å². The topological polar surface area (TPSA) is 46.3 Å². The fraction of sp³-hybridized carbons (Fsp3) is 0.533. The van der Waals surface area contributed by atoms with Crippen LogP contribution in [-0.2, 0) is 6.18 Å². The summed E-state index contributed by atoms with van der Waals surface area (Å²) in [4.78, 5) is 14.1. The summed E-state index contributed by atoms with van der Waals surface area (Å²) in [7, 11) is 0. The highest BCUT2D eigenvalue weighted by Gasteiger charge is 2.34. The van der Waals surface area contributed by atoms with Crippen LogP contribution >= 0.6 is 0 Å². The minimum Gasteiger partial charge on any atom is -0.398 e. The molecule has 0 bridgehead atoms. The molecule has 1 aromatic rings. The van der Waals surface area contributed by atoms with Gasteiger partial charge >= 0.3 is 6.18 Å². The molecule has 1 fully saturated rings. The lowest BCUT2D eigenvalue weighted by Gasteiger charge is -2.36. The molecule has 6 heteroatoms. The highest BCUT2D eigenvalue weighted by atomic mass is 19.4. The summed E-state index contributed by atoms with van der Waals surface area (Å²) in [5.74, 6) is 0.168. The molecular weight excluding hydrogens is 281 g/mol. The van der Waals surface area contributed by atoms with E-state index in [0.29, 0.717) is 12.5 Å². The number of nitrogen functional groups attached to an aromatic ring is 1. The van der Waals surface area contributed by atoms with Gasteiger partial charge in [-0.1, -0.05) is 6.92 Å². The predicted molar refractivity (Wildman–Crippen MR) is 74.8 cm³/mol. The van der Waals surface area contributed by atoms with Crippen molar-refractivity contribution in [2.75, 3.05) is 12.3 Å². The number of hydrogen-bond acceptors (Lipinski definition) is 2. The van der Waals surface area contributed by atoms with Gasteiger partial charge < -0.3 is 10.6 Å². The van der Waals surface area contributed by atoms with Crippen LogP contribution in [0.2, 0.25) is 0 Å². The molecule has 1 aromatic carbocycles. The highest BCUT2D eigenvalue weighted by molar-refractivity contribution is 5.95. The summed E-state index contributed by atoms with van der Waals surface area (Å²) in [5.41, 5.74) is 4.08. The Labute approximate surface area is 121 Å². The van der Waals surface area contributed by atoms with Crippen molar-refractivity contribution in [2.24, 2.45) is 5.92 Å². The highest BCUT2D eigenvalue weighted by Crippen LogP contribution is 2.34. The number of piperidine rings is 1. The van der Waals surface area contributed by atoms with Crippen LogP contribution in [-0.4, -0.2) is 23.4 Å². The van der Waals surface area contributed by atoms with Crippen molar-refractivity contribution in [1.29, 1.82) is 0 Å². The second kappa shape index (κ2) is 5.58. The van der Waals surface area contributed by atoms with Crippen molar-refractivity contribution in [3.8, 4) is 0 Å². The number of nitrogens with zero attached hydrogens (tertiary/aromatic N) is 1. The van der Waals surface area contributed by atoms with Gasteiger partial charge in [-0.3, -0.25) is 4.79 Å². The number of carbonyl (C=O) groups is 1. The van der Waals surface area contributed by atoms with Gasteiger partial charge in [0.05, 0.1) is 5.56 Å². The Kier molecular flexibility index (Phi) is 4.16. The van der Waals surface area contributed by atoms with Gasteiger partial charge in [-0.15, -0.1) is 0 Å².